The highest BCUT2D eigenvalue weighted by Gasteiger charge is 2.03. The molecule has 0 aliphatic heterocycles. The number of hydrogen-bond donors (Lipinski definition) is 1. The molecule has 0 bridgehead atoms. The molecule has 1 aromatic carbocycles. The molecule has 88 valence electrons. The molecule has 0 unspecified atom stereocenters. The highest BCUT2D eigenvalue weighted by Crippen LogP contribution is 2.17. The Morgan fingerprint density at radius 3 is 2.71 bits per heavy atom. The second-order valence-corrected chi connectivity index (χ2v) is 4.22. The first-order valence-electron chi connectivity index (χ1n) is 5.13. The van der Waals surface area contributed by atoms with Crippen LogP contribution in [0.2, 0.25) is 0 Å². The molecule has 17 heavy (non-hydrogen) atoms. The lowest BCUT2D eigenvalue weighted by Crippen LogP contribution is -2.02. The number of nitrogens with zero attached hydrogens (tertiary/aromatic N) is 2. The van der Waals surface area contributed by atoms with Crippen LogP contribution >= 0.6 is 11.8 Å². The van der Waals surface area contributed by atoms with Gasteiger partial charge in [-0.3, -0.25) is 0 Å². The van der Waals surface area contributed by atoms with Gasteiger partial charge in [-0.05, 0) is 11.8 Å². The lowest BCUT2D eigenvalue weighted by Gasteiger charge is -2.06. The van der Waals surface area contributed by atoms with Gasteiger partial charge in [0.2, 0.25) is 0 Å². The van der Waals surface area contributed by atoms with Crippen LogP contribution in [0.5, 0.6) is 6.01 Å². The zero-order valence-electron chi connectivity index (χ0n) is 9.46. The molecule has 4 nitrogen and oxygen atoms in total. The van der Waals surface area contributed by atoms with Crippen LogP contribution in [0.25, 0.3) is 0 Å². The molecule has 0 saturated heterocycles. The lowest BCUT2D eigenvalue weighted by molar-refractivity contribution is 0.279. The van der Waals surface area contributed by atoms with Crippen molar-refractivity contribution in [2.24, 2.45) is 0 Å². The molecule has 0 radical (unpaired) electrons. The van der Waals surface area contributed by atoms with Crippen LogP contribution in [0.4, 0.5) is 5.82 Å². The van der Waals surface area contributed by atoms with Crippen LogP contribution in [-0.4, -0.2) is 16.2 Å². The highest BCUT2D eigenvalue weighted by atomic mass is 32.2. The van der Waals surface area contributed by atoms with Gasteiger partial charge in [-0.2, -0.15) is 9.97 Å². The maximum Gasteiger partial charge on any atom is 0.319 e. The standard InChI is InChI=1S/C12H13N3OS/c1-17-11-7-10(13)14-12(15-11)16-8-9-5-3-2-4-6-9/h2-7H,8H2,1H3,(H2,13,14,15). The van der Waals surface area contributed by atoms with Crippen molar-refractivity contribution in [1.29, 1.82) is 0 Å². The Balaban J connectivity index is 2.06. The molecular weight excluding hydrogens is 234 g/mol. The normalized spacial score (nSPS) is 10.2. The fourth-order valence-corrected chi connectivity index (χ4v) is 1.72. The molecule has 0 atom stereocenters. The molecule has 5 heteroatoms. The van der Waals surface area contributed by atoms with Crippen molar-refractivity contribution in [2.75, 3.05) is 12.0 Å². The van der Waals surface area contributed by atoms with Crippen molar-refractivity contribution in [3.63, 3.8) is 0 Å². The van der Waals surface area contributed by atoms with E-state index in [1.807, 2.05) is 36.6 Å². The van der Waals surface area contributed by atoms with E-state index in [4.69, 9.17) is 10.5 Å². The molecule has 0 spiro atoms. The molecule has 2 aromatic rings. The summed E-state index contributed by atoms with van der Waals surface area (Å²) in [6, 6.07) is 11.9. The average Bonchev–Trinajstić information content (AvgIpc) is 2.37. The van der Waals surface area contributed by atoms with Crippen LogP contribution in [0.15, 0.2) is 41.4 Å². The predicted octanol–water partition coefficient (Wildman–Crippen LogP) is 2.36. The topological polar surface area (TPSA) is 61.0 Å². The molecule has 0 saturated carbocycles. The number of rotatable bonds is 4. The van der Waals surface area contributed by atoms with Gasteiger partial charge in [0, 0.05) is 6.07 Å². The Morgan fingerprint density at radius 1 is 1.24 bits per heavy atom. The summed E-state index contributed by atoms with van der Waals surface area (Å²) in [5.74, 6) is 0.424. The van der Waals surface area contributed by atoms with Gasteiger partial charge in [0.05, 0.1) is 0 Å². The van der Waals surface area contributed by atoms with Crippen LogP contribution in [0.3, 0.4) is 0 Å². The van der Waals surface area contributed by atoms with E-state index in [-0.39, 0.29) is 0 Å². The number of anilines is 1. The summed E-state index contributed by atoms with van der Waals surface area (Å²) in [6.07, 6.45) is 1.93. The van der Waals surface area contributed by atoms with E-state index in [9.17, 15) is 0 Å². The Hall–Kier alpha value is -1.75. The first-order chi connectivity index (χ1) is 8.28. The van der Waals surface area contributed by atoms with Gasteiger partial charge < -0.3 is 10.5 Å². The minimum atomic E-state index is 0.318. The van der Waals surface area contributed by atoms with Crippen molar-refractivity contribution >= 4 is 17.6 Å². The van der Waals surface area contributed by atoms with Crippen molar-refractivity contribution in [2.45, 2.75) is 11.6 Å². The SMILES string of the molecule is CSc1cc(N)nc(OCc2ccccc2)n1. The second kappa shape index (κ2) is 5.54. The first kappa shape index (κ1) is 11.7. The van der Waals surface area contributed by atoms with Crippen LogP contribution in [-0.2, 0) is 6.61 Å². The Bertz CT molecular complexity index is 490. The summed E-state index contributed by atoms with van der Waals surface area (Å²) < 4.78 is 5.50. The maximum absolute atomic E-state index is 5.66. The van der Waals surface area contributed by atoms with Gasteiger partial charge in [-0.25, -0.2) is 0 Å². The van der Waals surface area contributed by atoms with E-state index in [1.54, 1.807) is 6.07 Å². The number of ether oxygens (including phenoxy) is 1. The summed E-state index contributed by atoms with van der Waals surface area (Å²) in [6.45, 7) is 0.443. The van der Waals surface area contributed by atoms with Crippen LogP contribution < -0.4 is 10.5 Å². The third-order valence-electron chi connectivity index (χ3n) is 2.12. The minimum absolute atomic E-state index is 0.318. The fourth-order valence-electron chi connectivity index (χ4n) is 1.31. The summed E-state index contributed by atoms with van der Waals surface area (Å²) in [5, 5.41) is 0.806. The van der Waals surface area contributed by atoms with Gasteiger partial charge in [-0.1, -0.05) is 30.3 Å². The molecular formula is C12H13N3OS. The van der Waals surface area contributed by atoms with Gasteiger partial charge in [0.15, 0.2) is 0 Å². The Kier molecular flexibility index (Phi) is 3.82. The number of aromatic nitrogens is 2. The summed E-state index contributed by atoms with van der Waals surface area (Å²) in [7, 11) is 0. The quantitative estimate of drug-likeness (QED) is 0.664. The molecule has 0 aliphatic carbocycles. The van der Waals surface area contributed by atoms with Gasteiger partial charge in [-0.15, -0.1) is 11.8 Å². The third kappa shape index (κ3) is 3.35. The number of hydrogen-bond acceptors (Lipinski definition) is 5. The zero-order chi connectivity index (χ0) is 12.1. The van der Waals surface area contributed by atoms with Gasteiger partial charge >= 0.3 is 6.01 Å². The van der Waals surface area contributed by atoms with E-state index < -0.39 is 0 Å². The minimum Gasteiger partial charge on any atom is -0.459 e. The monoisotopic (exact) mass is 247 g/mol. The van der Waals surface area contributed by atoms with Crippen LogP contribution in [0.1, 0.15) is 5.56 Å². The van der Waals surface area contributed by atoms with Crippen LogP contribution in [0, 0.1) is 0 Å². The van der Waals surface area contributed by atoms with E-state index >= 15 is 0 Å². The van der Waals surface area contributed by atoms with Gasteiger partial charge in [0.25, 0.3) is 0 Å². The third-order valence-corrected chi connectivity index (χ3v) is 2.75. The number of benzene rings is 1. The summed E-state index contributed by atoms with van der Waals surface area (Å²) in [5.41, 5.74) is 6.73. The Morgan fingerprint density at radius 2 is 2.00 bits per heavy atom. The van der Waals surface area contributed by atoms with E-state index in [0.29, 0.717) is 18.4 Å². The predicted molar refractivity (Wildman–Crippen MR) is 69.0 cm³/mol. The average molecular weight is 247 g/mol. The molecule has 1 aromatic heterocycles. The lowest BCUT2D eigenvalue weighted by atomic mass is 10.2. The molecule has 1 heterocycles. The number of nitrogens with two attached hydrogens (primary N) is 1. The molecule has 2 rings (SSSR count). The number of thioether (sulfide) groups is 1. The van der Waals surface area contributed by atoms with Gasteiger partial charge in [0.1, 0.15) is 17.5 Å². The smallest absolute Gasteiger partial charge is 0.319 e. The maximum atomic E-state index is 5.66. The van der Waals surface area contributed by atoms with E-state index in [0.717, 1.165) is 10.6 Å². The largest absolute Gasteiger partial charge is 0.459 e. The van der Waals surface area contributed by atoms with E-state index in [2.05, 4.69) is 9.97 Å². The second-order valence-electron chi connectivity index (χ2n) is 3.39. The van der Waals surface area contributed by atoms with E-state index in [1.165, 1.54) is 11.8 Å². The van der Waals surface area contributed by atoms with Crippen molar-refractivity contribution < 1.29 is 4.74 Å². The zero-order valence-corrected chi connectivity index (χ0v) is 10.3. The summed E-state index contributed by atoms with van der Waals surface area (Å²) >= 11 is 1.51. The molecule has 0 aliphatic rings. The van der Waals surface area contributed by atoms with Crippen molar-refractivity contribution in [1.82, 2.24) is 9.97 Å². The highest BCUT2D eigenvalue weighted by molar-refractivity contribution is 7.98. The Labute approximate surface area is 104 Å². The molecule has 0 fully saturated rings. The van der Waals surface area contributed by atoms with Crippen molar-refractivity contribution in [3.05, 3.63) is 42.0 Å². The fraction of sp³-hybridized carbons (Fsp3) is 0.167. The number of nitrogen functional groups attached to an aromatic ring is 1. The first-order valence-corrected chi connectivity index (χ1v) is 6.35. The van der Waals surface area contributed by atoms with Crippen molar-refractivity contribution in [3.8, 4) is 6.01 Å². The molecule has 2 N–H and O–H groups in total. The molecule has 0 amide bonds. The summed E-state index contributed by atoms with van der Waals surface area (Å²) in [4.78, 5) is 8.24.